The second-order valence-corrected chi connectivity index (χ2v) is 11.5. The molecule has 0 spiro atoms. The van der Waals surface area contributed by atoms with Gasteiger partial charge in [-0.2, -0.15) is 0 Å². The quantitative estimate of drug-likeness (QED) is 0.666. The molecule has 1 N–H and O–H groups in total. The molecule has 1 atom stereocenters. The number of carbonyl (C=O) groups excluding carboxylic acids is 2. The van der Waals surface area contributed by atoms with E-state index in [2.05, 4.69) is 5.32 Å². The van der Waals surface area contributed by atoms with E-state index in [0.29, 0.717) is 44.0 Å². The van der Waals surface area contributed by atoms with Crippen molar-refractivity contribution in [3.63, 3.8) is 0 Å². The summed E-state index contributed by atoms with van der Waals surface area (Å²) in [6, 6.07) is 5.30. The number of thioether (sulfide) groups is 1. The lowest BCUT2D eigenvalue weighted by Gasteiger charge is -2.33. The molecule has 2 heterocycles. The third-order valence-corrected chi connectivity index (χ3v) is 9.16. The minimum atomic E-state index is -3.24. The van der Waals surface area contributed by atoms with E-state index in [-0.39, 0.29) is 23.5 Å². The Bertz CT molecular complexity index is 911. The van der Waals surface area contributed by atoms with E-state index < -0.39 is 16.1 Å². The van der Waals surface area contributed by atoms with Crippen molar-refractivity contribution in [1.82, 2.24) is 9.21 Å². The molecule has 0 aromatic heterocycles. The number of amides is 2. The molecule has 0 bridgehead atoms. The lowest BCUT2D eigenvalue weighted by atomic mass is 9.96. The van der Waals surface area contributed by atoms with Gasteiger partial charge in [-0.15, -0.1) is 11.8 Å². The van der Waals surface area contributed by atoms with Gasteiger partial charge in [0.1, 0.15) is 6.04 Å². The van der Waals surface area contributed by atoms with Crippen LogP contribution in [0.25, 0.3) is 0 Å². The maximum absolute atomic E-state index is 13.2. The Labute approximate surface area is 190 Å². The van der Waals surface area contributed by atoms with Crippen LogP contribution in [0, 0.1) is 19.8 Å². The average Bonchev–Trinajstić information content (AvgIpc) is 3.24. The summed E-state index contributed by atoms with van der Waals surface area (Å²) in [4.78, 5) is 27.7. The summed E-state index contributed by atoms with van der Waals surface area (Å²) in [5.74, 6) is 0.821. The summed E-state index contributed by atoms with van der Waals surface area (Å²) < 4.78 is 26.3. The van der Waals surface area contributed by atoms with Gasteiger partial charge in [0.25, 0.3) is 0 Å². The molecule has 1 unspecified atom stereocenters. The van der Waals surface area contributed by atoms with Crippen molar-refractivity contribution < 1.29 is 18.0 Å². The first-order chi connectivity index (χ1) is 14.7. The van der Waals surface area contributed by atoms with Gasteiger partial charge in [-0.3, -0.25) is 9.59 Å². The van der Waals surface area contributed by atoms with Crippen LogP contribution in [0.4, 0.5) is 5.69 Å². The zero-order valence-electron chi connectivity index (χ0n) is 18.6. The van der Waals surface area contributed by atoms with Crippen molar-refractivity contribution >= 4 is 39.3 Å². The Balaban J connectivity index is 1.58. The number of piperidine rings is 1. The molecule has 7 nitrogen and oxygen atoms in total. The van der Waals surface area contributed by atoms with Crippen molar-refractivity contribution in [3.05, 3.63) is 29.3 Å². The fraction of sp³-hybridized carbons (Fsp3) is 0.636. The zero-order valence-corrected chi connectivity index (χ0v) is 20.2. The number of benzene rings is 1. The van der Waals surface area contributed by atoms with Gasteiger partial charge in [0.15, 0.2) is 0 Å². The highest BCUT2D eigenvalue weighted by atomic mass is 32.2. The molecule has 2 aliphatic heterocycles. The van der Waals surface area contributed by atoms with Crippen LogP contribution >= 0.6 is 11.8 Å². The van der Waals surface area contributed by atoms with Crippen molar-refractivity contribution in [2.45, 2.75) is 52.5 Å². The summed E-state index contributed by atoms with van der Waals surface area (Å²) >= 11 is 1.58. The topological polar surface area (TPSA) is 86.8 Å². The number of rotatable bonds is 7. The van der Waals surface area contributed by atoms with Crippen LogP contribution in [-0.2, 0) is 19.6 Å². The molecule has 2 saturated heterocycles. The first-order valence-corrected chi connectivity index (χ1v) is 13.7. The SMILES string of the molecule is CCCCS(=O)(=O)N1CCC(C(=O)N2CSCC2C(=O)Nc2ccc(C)c(C)c2)CC1. The fourth-order valence-electron chi connectivity index (χ4n) is 3.99. The minimum Gasteiger partial charge on any atom is -0.324 e. The standard InChI is InChI=1S/C22H33N3O4S2/c1-4-5-12-31(28,29)24-10-8-18(9-11-24)22(27)25-15-30-14-20(25)21(26)23-19-7-6-16(2)17(3)13-19/h6-7,13,18,20H,4-5,8-12,14-15H2,1-3H3,(H,23,26). The van der Waals surface area contributed by atoms with Gasteiger partial charge < -0.3 is 10.2 Å². The van der Waals surface area contributed by atoms with E-state index >= 15 is 0 Å². The fourth-order valence-corrected chi connectivity index (χ4v) is 6.84. The van der Waals surface area contributed by atoms with Gasteiger partial charge in [-0.05, 0) is 56.4 Å². The molecule has 0 saturated carbocycles. The highest BCUT2D eigenvalue weighted by Gasteiger charge is 2.39. The number of hydrogen-bond donors (Lipinski definition) is 1. The minimum absolute atomic E-state index is 0.0316. The smallest absolute Gasteiger partial charge is 0.248 e. The van der Waals surface area contributed by atoms with Gasteiger partial charge in [-0.25, -0.2) is 12.7 Å². The molecule has 3 rings (SSSR count). The van der Waals surface area contributed by atoms with Gasteiger partial charge in [-0.1, -0.05) is 19.4 Å². The van der Waals surface area contributed by atoms with Crippen molar-refractivity contribution in [3.8, 4) is 0 Å². The van der Waals surface area contributed by atoms with Crippen LogP contribution in [0.3, 0.4) is 0 Å². The van der Waals surface area contributed by atoms with E-state index in [1.54, 1.807) is 16.7 Å². The van der Waals surface area contributed by atoms with Crippen LogP contribution in [0.15, 0.2) is 18.2 Å². The number of unbranched alkanes of at least 4 members (excludes halogenated alkanes) is 1. The largest absolute Gasteiger partial charge is 0.324 e. The first-order valence-electron chi connectivity index (χ1n) is 11.0. The monoisotopic (exact) mass is 467 g/mol. The Hall–Kier alpha value is -1.58. The normalized spacial score (nSPS) is 20.7. The van der Waals surface area contributed by atoms with Crippen LogP contribution in [-0.4, -0.2) is 66.0 Å². The summed E-state index contributed by atoms with van der Waals surface area (Å²) in [6.45, 7) is 6.75. The number of hydrogen-bond acceptors (Lipinski definition) is 5. The van der Waals surface area contributed by atoms with Crippen LogP contribution in [0.1, 0.15) is 43.7 Å². The van der Waals surface area contributed by atoms with E-state index in [0.717, 1.165) is 23.2 Å². The third-order valence-electron chi connectivity index (χ3n) is 6.19. The second kappa shape index (κ2) is 10.4. The molecule has 2 aliphatic rings. The maximum atomic E-state index is 13.2. The highest BCUT2D eigenvalue weighted by molar-refractivity contribution is 7.99. The van der Waals surface area contributed by atoms with Gasteiger partial charge in [0.2, 0.25) is 21.8 Å². The number of sulfonamides is 1. The molecule has 2 amide bonds. The molecular formula is C22H33N3O4S2. The number of nitrogens with one attached hydrogen (secondary N) is 1. The zero-order chi connectivity index (χ0) is 22.6. The highest BCUT2D eigenvalue weighted by Crippen LogP contribution is 2.29. The van der Waals surface area contributed by atoms with Crippen LogP contribution in [0.2, 0.25) is 0 Å². The molecule has 2 fully saturated rings. The molecule has 9 heteroatoms. The Morgan fingerprint density at radius 1 is 1.16 bits per heavy atom. The number of carbonyl (C=O) groups is 2. The Kier molecular flexibility index (Phi) is 8.04. The van der Waals surface area contributed by atoms with Crippen LogP contribution in [0.5, 0.6) is 0 Å². The third kappa shape index (κ3) is 5.81. The van der Waals surface area contributed by atoms with E-state index in [1.165, 1.54) is 4.31 Å². The predicted molar refractivity (Wildman–Crippen MR) is 125 cm³/mol. The molecule has 1 aromatic carbocycles. The van der Waals surface area contributed by atoms with E-state index in [4.69, 9.17) is 0 Å². The molecule has 31 heavy (non-hydrogen) atoms. The molecule has 0 radical (unpaired) electrons. The Morgan fingerprint density at radius 3 is 2.52 bits per heavy atom. The molecule has 1 aromatic rings. The predicted octanol–water partition coefficient (Wildman–Crippen LogP) is 2.99. The van der Waals surface area contributed by atoms with Gasteiger partial charge in [0.05, 0.1) is 11.6 Å². The van der Waals surface area contributed by atoms with Gasteiger partial charge in [0, 0.05) is 30.4 Å². The van der Waals surface area contributed by atoms with E-state index in [9.17, 15) is 18.0 Å². The van der Waals surface area contributed by atoms with Crippen molar-refractivity contribution in [1.29, 1.82) is 0 Å². The first kappa shape index (κ1) is 24.1. The average molecular weight is 468 g/mol. The summed E-state index contributed by atoms with van der Waals surface area (Å²) in [5, 5.41) is 2.95. The summed E-state index contributed by atoms with van der Waals surface area (Å²) in [5.41, 5.74) is 3.00. The molecule has 172 valence electrons. The summed E-state index contributed by atoms with van der Waals surface area (Å²) in [6.07, 6.45) is 2.52. The molecule has 0 aliphatic carbocycles. The van der Waals surface area contributed by atoms with E-state index in [1.807, 2.05) is 39.0 Å². The maximum Gasteiger partial charge on any atom is 0.248 e. The Morgan fingerprint density at radius 2 is 1.87 bits per heavy atom. The number of aryl methyl sites for hydroxylation is 2. The van der Waals surface area contributed by atoms with Crippen molar-refractivity contribution in [2.24, 2.45) is 5.92 Å². The number of anilines is 1. The van der Waals surface area contributed by atoms with Gasteiger partial charge >= 0.3 is 0 Å². The lowest BCUT2D eigenvalue weighted by Crippen LogP contribution is -2.49. The summed E-state index contributed by atoms with van der Waals surface area (Å²) in [7, 11) is -3.24. The van der Waals surface area contributed by atoms with Crippen LogP contribution < -0.4 is 5.32 Å². The second-order valence-electron chi connectivity index (χ2n) is 8.45. The number of nitrogens with zero attached hydrogens (tertiary/aromatic N) is 2. The van der Waals surface area contributed by atoms with Crippen molar-refractivity contribution in [2.75, 3.05) is 35.8 Å². The molecular weight excluding hydrogens is 434 g/mol. The lowest BCUT2D eigenvalue weighted by molar-refractivity contribution is -0.140.